The Kier molecular flexibility index (Phi) is 9.92. The summed E-state index contributed by atoms with van der Waals surface area (Å²) in [6.45, 7) is 10.8. The van der Waals surface area contributed by atoms with E-state index in [1.54, 1.807) is 6.33 Å². The summed E-state index contributed by atoms with van der Waals surface area (Å²) in [6, 6.07) is 0.489. The van der Waals surface area contributed by atoms with Crippen molar-refractivity contribution in [2.45, 2.75) is 38.8 Å². The lowest BCUT2D eigenvalue weighted by Crippen LogP contribution is -2.49. The second-order valence-electron chi connectivity index (χ2n) is 5.80. The maximum absolute atomic E-state index is 4.32. The highest BCUT2D eigenvalue weighted by atomic mass is 127. The average Bonchev–Trinajstić information content (AvgIpc) is 3.03. The maximum atomic E-state index is 4.32. The number of nitrogens with zero attached hydrogens (tertiary/aromatic N) is 5. The summed E-state index contributed by atoms with van der Waals surface area (Å²) < 4.78 is 2.08. The van der Waals surface area contributed by atoms with Gasteiger partial charge in [-0.1, -0.05) is 13.0 Å². The van der Waals surface area contributed by atoms with Crippen LogP contribution in [0, 0.1) is 0 Å². The quantitative estimate of drug-likeness (QED) is 0.285. The first-order valence-corrected chi connectivity index (χ1v) is 8.44. The second kappa shape index (κ2) is 11.4. The molecule has 1 aromatic heterocycles. The van der Waals surface area contributed by atoms with Gasteiger partial charge >= 0.3 is 0 Å². The first-order valence-electron chi connectivity index (χ1n) is 8.44. The molecule has 0 bridgehead atoms. The van der Waals surface area contributed by atoms with Crippen LogP contribution in [0.5, 0.6) is 0 Å². The molecule has 1 aliphatic rings. The molecule has 1 fully saturated rings. The predicted octanol–water partition coefficient (Wildman–Crippen LogP) is 1.27. The minimum atomic E-state index is 0. The largest absolute Gasteiger partial charge is 0.355 e. The van der Waals surface area contributed by atoms with Crippen molar-refractivity contribution in [3.05, 3.63) is 24.8 Å². The van der Waals surface area contributed by atoms with E-state index in [0.29, 0.717) is 6.04 Å². The number of aliphatic imine (C=N–C) groups is 1. The second-order valence-corrected chi connectivity index (χ2v) is 5.80. The molecule has 1 saturated heterocycles. The van der Waals surface area contributed by atoms with E-state index in [1.165, 1.54) is 0 Å². The molecule has 1 aliphatic heterocycles. The molecule has 136 valence electrons. The Morgan fingerprint density at radius 1 is 1.46 bits per heavy atom. The summed E-state index contributed by atoms with van der Waals surface area (Å²) in [6.07, 6.45) is 6.94. The molecule has 0 spiro atoms. The molecule has 1 aromatic rings. The van der Waals surface area contributed by atoms with Crippen molar-refractivity contribution in [2.75, 3.05) is 33.2 Å². The van der Waals surface area contributed by atoms with Gasteiger partial charge in [0.2, 0.25) is 0 Å². The summed E-state index contributed by atoms with van der Waals surface area (Å²) in [4.78, 5) is 6.75. The van der Waals surface area contributed by atoms with Crippen molar-refractivity contribution >= 4 is 29.9 Å². The number of halogens is 1. The highest BCUT2D eigenvalue weighted by molar-refractivity contribution is 14.0. The molecule has 0 amide bonds. The summed E-state index contributed by atoms with van der Waals surface area (Å²) in [7, 11) is 1.82. The zero-order chi connectivity index (χ0) is 16.5. The number of likely N-dealkylation sites (tertiary alicyclic amines) is 1. The van der Waals surface area contributed by atoms with Gasteiger partial charge in [-0.05, 0) is 12.8 Å². The molecule has 0 atom stereocenters. The lowest BCUT2D eigenvalue weighted by Gasteiger charge is -2.32. The van der Waals surface area contributed by atoms with Crippen molar-refractivity contribution in [3.63, 3.8) is 0 Å². The zero-order valence-corrected chi connectivity index (χ0v) is 17.1. The van der Waals surface area contributed by atoms with Crippen LogP contribution in [0.15, 0.2) is 24.0 Å². The summed E-state index contributed by atoms with van der Waals surface area (Å²) in [5, 5.41) is 14.9. The van der Waals surface area contributed by atoms with Gasteiger partial charge in [-0.2, -0.15) is 0 Å². The Hall–Kier alpha value is -1.16. The van der Waals surface area contributed by atoms with E-state index in [0.717, 1.165) is 63.8 Å². The van der Waals surface area contributed by atoms with Crippen molar-refractivity contribution in [1.29, 1.82) is 0 Å². The highest BCUT2D eigenvalue weighted by Gasteiger charge is 2.18. The standard InChI is InChI=1S/C16H29N7.HI/c1-4-9-22-10-6-14(7-11-22)20-16(17-3)18-8-12-23-13-19-21-15(23)5-2;/h4,13-14H,1,5-12H2,2-3H3,(H2,17,18,20);1H. The monoisotopic (exact) mass is 447 g/mol. The first kappa shape index (κ1) is 20.9. The van der Waals surface area contributed by atoms with Gasteiger partial charge in [0.1, 0.15) is 12.2 Å². The van der Waals surface area contributed by atoms with Gasteiger partial charge in [-0.3, -0.25) is 9.89 Å². The lowest BCUT2D eigenvalue weighted by molar-refractivity contribution is 0.225. The average molecular weight is 447 g/mol. The van der Waals surface area contributed by atoms with Crippen LogP contribution in [-0.2, 0) is 13.0 Å². The smallest absolute Gasteiger partial charge is 0.191 e. The van der Waals surface area contributed by atoms with Crippen LogP contribution < -0.4 is 10.6 Å². The summed E-state index contributed by atoms with van der Waals surface area (Å²) >= 11 is 0. The Morgan fingerprint density at radius 3 is 2.83 bits per heavy atom. The Labute approximate surface area is 162 Å². The molecule has 7 nitrogen and oxygen atoms in total. The number of aromatic nitrogens is 3. The van der Waals surface area contributed by atoms with Gasteiger partial charge < -0.3 is 15.2 Å². The van der Waals surface area contributed by atoms with E-state index >= 15 is 0 Å². The van der Waals surface area contributed by atoms with Crippen molar-refractivity contribution in [2.24, 2.45) is 4.99 Å². The maximum Gasteiger partial charge on any atom is 0.191 e. The number of aryl methyl sites for hydroxylation is 1. The van der Waals surface area contributed by atoms with Crippen molar-refractivity contribution in [3.8, 4) is 0 Å². The van der Waals surface area contributed by atoms with Crippen LogP contribution in [0.1, 0.15) is 25.6 Å². The van der Waals surface area contributed by atoms with Crippen LogP contribution in [-0.4, -0.2) is 64.9 Å². The number of hydrogen-bond acceptors (Lipinski definition) is 4. The van der Waals surface area contributed by atoms with Crippen LogP contribution in [0.3, 0.4) is 0 Å². The SMILES string of the molecule is C=CCN1CCC(NC(=NC)NCCn2cnnc2CC)CC1.I. The number of hydrogen-bond donors (Lipinski definition) is 2. The van der Waals surface area contributed by atoms with E-state index in [-0.39, 0.29) is 24.0 Å². The number of rotatable bonds is 7. The molecule has 0 aliphatic carbocycles. The molecular formula is C16H30IN7. The van der Waals surface area contributed by atoms with E-state index in [2.05, 4.69) is 48.8 Å². The zero-order valence-electron chi connectivity index (χ0n) is 14.7. The lowest BCUT2D eigenvalue weighted by atomic mass is 10.1. The summed E-state index contributed by atoms with van der Waals surface area (Å²) in [5.41, 5.74) is 0. The molecule has 2 rings (SSSR count). The van der Waals surface area contributed by atoms with Gasteiger partial charge in [0, 0.05) is 52.2 Å². The first-order chi connectivity index (χ1) is 11.3. The van der Waals surface area contributed by atoms with Crippen molar-refractivity contribution < 1.29 is 0 Å². The Bertz CT molecular complexity index is 506. The molecule has 24 heavy (non-hydrogen) atoms. The van der Waals surface area contributed by atoms with Gasteiger partial charge in [0.05, 0.1) is 0 Å². The van der Waals surface area contributed by atoms with Crippen molar-refractivity contribution in [1.82, 2.24) is 30.3 Å². The molecule has 0 aromatic carbocycles. The molecule has 2 N–H and O–H groups in total. The molecule has 0 radical (unpaired) electrons. The minimum Gasteiger partial charge on any atom is -0.355 e. The highest BCUT2D eigenvalue weighted by Crippen LogP contribution is 2.09. The van der Waals surface area contributed by atoms with E-state index in [9.17, 15) is 0 Å². The molecule has 8 heteroatoms. The van der Waals surface area contributed by atoms with E-state index in [1.807, 2.05) is 13.1 Å². The minimum absolute atomic E-state index is 0. The fraction of sp³-hybridized carbons (Fsp3) is 0.688. The van der Waals surface area contributed by atoms with Crippen LogP contribution in [0.4, 0.5) is 0 Å². The molecule has 0 unspecified atom stereocenters. The van der Waals surface area contributed by atoms with Crippen LogP contribution in [0.2, 0.25) is 0 Å². The van der Waals surface area contributed by atoms with Gasteiger partial charge in [0.25, 0.3) is 0 Å². The Morgan fingerprint density at radius 2 is 2.21 bits per heavy atom. The fourth-order valence-electron chi connectivity index (χ4n) is 2.86. The summed E-state index contributed by atoms with van der Waals surface area (Å²) in [5.74, 6) is 1.89. The van der Waals surface area contributed by atoms with Gasteiger partial charge in [0.15, 0.2) is 5.96 Å². The topological polar surface area (TPSA) is 70.4 Å². The number of guanidine groups is 1. The number of nitrogens with one attached hydrogen (secondary N) is 2. The van der Waals surface area contributed by atoms with Crippen LogP contribution >= 0.6 is 24.0 Å². The third-order valence-corrected chi connectivity index (χ3v) is 4.20. The van der Waals surface area contributed by atoms with Gasteiger partial charge in [-0.15, -0.1) is 40.8 Å². The third-order valence-electron chi connectivity index (χ3n) is 4.20. The molecule has 0 saturated carbocycles. The fourth-order valence-corrected chi connectivity index (χ4v) is 2.86. The predicted molar refractivity (Wildman–Crippen MR) is 109 cm³/mol. The number of piperidine rings is 1. The molecular weight excluding hydrogens is 417 g/mol. The van der Waals surface area contributed by atoms with Gasteiger partial charge in [-0.25, -0.2) is 0 Å². The van der Waals surface area contributed by atoms with E-state index < -0.39 is 0 Å². The normalized spacial score (nSPS) is 16.5. The Balaban J connectivity index is 0.00000288. The molecule has 2 heterocycles. The van der Waals surface area contributed by atoms with Crippen LogP contribution in [0.25, 0.3) is 0 Å². The van der Waals surface area contributed by atoms with E-state index in [4.69, 9.17) is 0 Å². The third kappa shape index (κ3) is 6.39.